The smallest absolute Gasteiger partial charge is 0.155 e. The first-order valence-electron chi connectivity index (χ1n) is 10.0. The van der Waals surface area contributed by atoms with Crippen LogP contribution in [0, 0.1) is 6.92 Å². The van der Waals surface area contributed by atoms with Crippen molar-refractivity contribution in [2.24, 2.45) is 0 Å². The van der Waals surface area contributed by atoms with Crippen molar-refractivity contribution in [3.05, 3.63) is 88.4 Å². The summed E-state index contributed by atoms with van der Waals surface area (Å²) in [7, 11) is 0. The van der Waals surface area contributed by atoms with Crippen LogP contribution in [0.3, 0.4) is 0 Å². The van der Waals surface area contributed by atoms with E-state index in [1.807, 2.05) is 73.3 Å². The summed E-state index contributed by atoms with van der Waals surface area (Å²) >= 11 is 12.3. The highest BCUT2D eigenvalue weighted by Crippen LogP contribution is 2.30. The Hall–Kier alpha value is -3.42. The second-order valence-electron chi connectivity index (χ2n) is 7.48. The minimum absolute atomic E-state index is 0.0367. The molecule has 1 unspecified atom stereocenters. The fourth-order valence-electron chi connectivity index (χ4n) is 3.54. The third-order valence-electron chi connectivity index (χ3n) is 5.18. The first-order chi connectivity index (χ1) is 15.5. The molecule has 5 rings (SSSR count). The Labute approximate surface area is 194 Å². The van der Waals surface area contributed by atoms with Crippen molar-refractivity contribution in [1.29, 1.82) is 0 Å². The van der Waals surface area contributed by atoms with E-state index in [1.54, 1.807) is 10.6 Å². The van der Waals surface area contributed by atoms with Crippen molar-refractivity contribution in [3.8, 4) is 17.1 Å². The lowest BCUT2D eigenvalue weighted by atomic mass is 10.1. The van der Waals surface area contributed by atoms with E-state index in [4.69, 9.17) is 28.3 Å². The molecule has 160 valence electrons. The fourth-order valence-corrected chi connectivity index (χ4v) is 3.85. The molecule has 1 aromatic carbocycles. The third-order valence-corrected chi connectivity index (χ3v) is 5.92. The molecular weight excluding hydrogens is 445 g/mol. The zero-order valence-electron chi connectivity index (χ0n) is 17.4. The SMILES string of the molecule is Cc1cccc(-n2nc(NC(C)c3ccc(Cl)c(Cl)c3)cc2-c2ccn3ncnc3c2)n1. The summed E-state index contributed by atoms with van der Waals surface area (Å²) in [4.78, 5) is 8.96. The molecule has 0 bridgehead atoms. The quantitative estimate of drug-likeness (QED) is 0.358. The Morgan fingerprint density at radius 1 is 1.00 bits per heavy atom. The fraction of sp³-hybridized carbons (Fsp3) is 0.130. The maximum Gasteiger partial charge on any atom is 0.155 e. The number of anilines is 1. The minimum atomic E-state index is -0.0367. The molecule has 7 nitrogen and oxygen atoms in total. The Balaban J connectivity index is 1.56. The van der Waals surface area contributed by atoms with Gasteiger partial charge in [0.25, 0.3) is 0 Å². The molecule has 1 atom stereocenters. The predicted octanol–water partition coefficient (Wildman–Crippen LogP) is 5.77. The molecular formula is C23H19Cl2N7. The van der Waals surface area contributed by atoms with Crippen molar-refractivity contribution in [1.82, 2.24) is 29.4 Å². The molecule has 0 amide bonds. The van der Waals surface area contributed by atoms with Gasteiger partial charge in [-0.05, 0) is 55.8 Å². The summed E-state index contributed by atoms with van der Waals surface area (Å²) in [6.45, 7) is 4.01. The van der Waals surface area contributed by atoms with Gasteiger partial charge in [0.05, 0.1) is 21.8 Å². The standard InChI is InChI=1S/C23H19Cl2N7/c1-14-4-3-5-22(28-14)32-20(17-8-9-31-23(11-17)26-13-27-31)12-21(30-32)29-15(2)16-6-7-18(24)19(25)10-16/h3-13,15H,1-2H3,(H,29,30). The summed E-state index contributed by atoms with van der Waals surface area (Å²) < 4.78 is 3.56. The maximum absolute atomic E-state index is 6.20. The van der Waals surface area contributed by atoms with E-state index < -0.39 is 0 Å². The van der Waals surface area contributed by atoms with Gasteiger partial charge < -0.3 is 5.32 Å². The van der Waals surface area contributed by atoms with Gasteiger partial charge in [-0.25, -0.2) is 19.2 Å². The average Bonchev–Trinajstić information content (AvgIpc) is 3.42. The van der Waals surface area contributed by atoms with E-state index in [9.17, 15) is 0 Å². The molecule has 5 aromatic rings. The Bertz CT molecular complexity index is 1420. The number of nitrogens with one attached hydrogen (secondary N) is 1. The molecule has 0 saturated carbocycles. The Kier molecular flexibility index (Phi) is 5.28. The molecule has 0 fully saturated rings. The molecule has 0 aliphatic rings. The number of aromatic nitrogens is 6. The lowest BCUT2D eigenvalue weighted by molar-refractivity contribution is 0.822. The van der Waals surface area contributed by atoms with Crippen LogP contribution in [0.25, 0.3) is 22.7 Å². The zero-order chi connectivity index (χ0) is 22.2. The highest BCUT2D eigenvalue weighted by molar-refractivity contribution is 6.42. The monoisotopic (exact) mass is 463 g/mol. The number of halogens is 2. The molecule has 0 radical (unpaired) electrons. The molecule has 0 aliphatic carbocycles. The molecule has 0 aliphatic heterocycles. The van der Waals surface area contributed by atoms with Gasteiger partial charge in [0.15, 0.2) is 11.5 Å². The first kappa shape index (κ1) is 20.5. The van der Waals surface area contributed by atoms with E-state index >= 15 is 0 Å². The molecule has 32 heavy (non-hydrogen) atoms. The van der Waals surface area contributed by atoms with E-state index in [-0.39, 0.29) is 6.04 Å². The molecule has 4 aromatic heterocycles. The summed E-state index contributed by atoms with van der Waals surface area (Å²) in [6, 6.07) is 17.4. The van der Waals surface area contributed by atoms with Crippen molar-refractivity contribution < 1.29 is 0 Å². The zero-order valence-corrected chi connectivity index (χ0v) is 18.9. The normalized spacial score (nSPS) is 12.2. The molecule has 0 saturated heterocycles. The molecule has 9 heteroatoms. The number of fused-ring (bicyclic) bond motifs is 1. The van der Waals surface area contributed by atoms with Gasteiger partial charge in [0, 0.05) is 23.5 Å². The van der Waals surface area contributed by atoms with Crippen LogP contribution in [0.2, 0.25) is 10.0 Å². The number of rotatable bonds is 5. The van der Waals surface area contributed by atoms with E-state index in [0.717, 1.165) is 34.0 Å². The third kappa shape index (κ3) is 3.92. The van der Waals surface area contributed by atoms with Crippen LogP contribution in [-0.4, -0.2) is 29.4 Å². The molecule has 1 N–H and O–H groups in total. The van der Waals surface area contributed by atoms with Gasteiger partial charge in [-0.3, -0.25) is 0 Å². The van der Waals surface area contributed by atoms with Gasteiger partial charge in [0.2, 0.25) is 0 Å². The second kappa shape index (κ2) is 8.26. The average molecular weight is 464 g/mol. The number of nitrogens with zero attached hydrogens (tertiary/aromatic N) is 6. The van der Waals surface area contributed by atoms with Crippen molar-refractivity contribution >= 4 is 34.7 Å². The highest BCUT2D eigenvalue weighted by atomic mass is 35.5. The minimum Gasteiger partial charge on any atom is -0.362 e. The summed E-state index contributed by atoms with van der Waals surface area (Å²) in [5, 5.41) is 13.5. The molecule has 0 spiro atoms. The number of hydrogen-bond acceptors (Lipinski definition) is 5. The molecule has 4 heterocycles. The lowest BCUT2D eigenvalue weighted by Gasteiger charge is -2.14. The lowest BCUT2D eigenvalue weighted by Crippen LogP contribution is -2.08. The summed E-state index contributed by atoms with van der Waals surface area (Å²) in [5.41, 5.74) is 4.52. The van der Waals surface area contributed by atoms with Gasteiger partial charge in [-0.2, -0.15) is 5.10 Å². The topological polar surface area (TPSA) is 72.9 Å². The van der Waals surface area contributed by atoms with Crippen LogP contribution in [0.1, 0.15) is 24.2 Å². The van der Waals surface area contributed by atoms with E-state index in [1.165, 1.54) is 6.33 Å². The second-order valence-corrected chi connectivity index (χ2v) is 8.30. The number of pyridine rings is 2. The van der Waals surface area contributed by atoms with Crippen LogP contribution >= 0.6 is 23.2 Å². The van der Waals surface area contributed by atoms with Crippen LogP contribution in [0.4, 0.5) is 5.82 Å². The van der Waals surface area contributed by atoms with Gasteiger partial charge >= 0.3 is 0 Å². The number of hydrogen-bond donors (Lipinski definition) is 1. The predicted molar refractivity (Wildman–Crippen MR) is 127 cm³/mol. The van der Waals surface area contributed by atoms with Crippen molar-refractivity contribution in [3.63, 3.8) is 0 Å². The van der Waals surface area contributed by atoms with Gasteiger partial charge in [0.1, 0.15) is 12.1 Å². The highest BCUT2D eigenvalue weighted by Gasteiger charge is 2.16. The van der Waals surface area contributed by atoms with Crippen LogP contribution in [0.5, 0.6) is 0 Å². The number of benzene rings is 1. The maximum atomic E-state index is 6.20. The summed E-state index contributed by atoms with van der Waals surface area (Å²) in [5.74, 6) is 1.44. The van der Waals surface area contributed by atoms with Crippen LogP contribution in [-0.2, 0) is 0 Å². The van der Waals surface area contributed by atoms with Crippen LogP contribution < -0.4 is 5.32 Å². The summed E-state index contributed by atoms with van der Waals surface area (Å²) in [6.07, 6.45) is 3.41. The first-order valence-corrected chi connectivity index (χ1v) is 10.8. The number of aryl methyl sites for hydroxylation is 1. The van der Waals surface area contributed by atoms with Crippen molar-refractivity contribution in [2.75, 3.05) is 5.32 Å². The largest absolute Gasteiger partial charge is 0.362 e. The van der Waals surface area contributed by atoms with Crippen molar-refractivity contribution in [2.45, 2.75) is 19.9 Å². The van der Waals surface area contributed by atoms with Gasteiger partial charge in [-0.15, -0.1) is 5.10 Å². The Morgan fingerprint density at radius 2 is 1.88 bits per heavy atom. The van der Waals surface area contributed by atoms with E-state index in [2.05, 4.69) is 20.4 Å². The van der Waals surface area contributed by atoms with Gasteiger partial charge in [-0.1, -0.05) is 35.3 Å². The van der Waals surface area contributed by atoms with E-state index in [0.29, 0.717) is 15.9 Å². The van der Waals surface area contributed by atoms with Crippen LogP contribution in [0.15, 0.2) is 67.1 Å². The Morgan fingerprint density at radius 3 is 2.69 bits per heavy atom.